The molecule has 4 rings (SSSR count). The molecule has 2 aromatic heterocycles. The topological polar surface area (TPSA) is 78.0 Å². The van der Waals surface area contributed by atoms with Gasteiger partial charge in [-0.2, -0.15) is 5.10 Å². The van der Waals surface area contributed by atoms with E-state index in [-0.39, 0.29) is 18.1 Å². The van der Waals surface area contributed by atoms with Crippen molar-refractivity contribution in [3.8, 4) is 10.6 Å². The highest BCUT2D eigenvalue weighted by Gasteiger charge is 2.23. The molecule has 0 radical (unpaired) electrons. The molecular weight excluding hydrogens is 377 g/mol. The number of aromatic amines is 1. The lowest BCUT2D eigenvalue weighted by molar-refractivity contribution is 0.0893. The van der Waals surface area contributed by atoms with Crippen LogP contribution in [-0.4, -0.2) is 33.9 Å². The summed E-state index contributed by atoms with van der Waals surface area (Å²) >= 11 is 1.53. The Balaban J connectivity index is 1.78. The van der Waals surface area contributed by atoms with Crippen molar-refractivity contribution >= 4 is 38.2 Å². The second-order valence-electron chi connectivity index (χ2n) is 7.08. The van der Waals surface area contributed by atoms with E-state index in [9.17, 15) is 9.90 Å². The molecule has 2 heterocycles. The molecule has 0 aliphatic rings. The molecule has 2 aromatic carbocycles. The van der Waals surface area contributed by atoms with Gasteiger partial charge in [0.2, 0.25) is 0 Å². The van der Waals surface area contributed by atoms with Crippen LogP contribution in [0.25, 0.3) is 31.6 Å². The van der Waals surface area contributed by atoms with E-state index in [1.165, 1.54) is 17.4 Å². The Bertz CT molecular complexity index is 1130. The molecule has 144 valence electrons. The number of rotatable bonds is 5. The molecule has 0 saturated carbocycles. The molecule has 0 aliphatic heterocycles. The number of hydrogen-bond donors (Lipinski definition) is 3. The monoisotopic (exact) mass is 397 g/mol. The van der Waals surface area contributed by atoms with Crippen molar-refractivity contribution in [2.45, 2.75) is 19.9 Å². The Labute approximate surface area is 165 Å². The molecule has 1 atom stereocenters. The predicted octanol–water partition coefficient (Wildman–Crippen LogP) is 4.33. The molecule has 1 unspecified atom stereocenters. The highest BCUT2D eigenvalue weighted by atomic mass is 32.1. The number of halogens is 1. The van der Waals surface area contributed by atoms with Gasteiger partial charge in [-0.05, 0) is 35.6 Å². The Morgan fingerprint density at radius 1 is 1.29 bits per heavy atom. The van der Waals surface area contributed by atoms with E-state index in [2.05, 4.69) is 15.5 Å². The maximum atomic E-state index is 15.3. The maximum absolute atomic E-state index is 15.3. The minimum atomic E-state index is -0.614. The van der Waals surface area contributed by atoms with Crippen LogP contribution in [0.1, 0.15) is 24.2 Å². The summed E-state index contributed by atoms with van der Waals surface area (Å²) in [7, 11) is 0. The molecule has 7 heteroatoms. The van der Waals surface area contributed by atoms with Crippen LogP contribution >= 0.6 is 11.3 Å². The molecule has 0 bridgehead atoms. The number of aliphatic hydroxyl groups is 1. The van der Waals surface area contributed by atoms with Crippen molar-refractivity contribution < 1.29 is 14.3 Å². The van der Waals surface area contributed by atoms with Crippen LogP contribution in [0.15, 0.2) is 42.5 Å². The number of nitrogens with one attached hydrogen (secondary N) is 2. The number of fused-ring (bicyclic) bond motifs is 2. The molecule has 5 nitrogen and oxygen atoms in total. The van der Waals surface area contributed by atoms with Crippen LogP contribution in [-0.2, 0) is 0 Å². The van der Waals surface area contributed by atoms with Crippen molar-refractivity contribution in [3.63, 3.8) is 0 Å². The molecular formula is C21H20FN3O2S. The van der Waals surface area contributed by atoms with Gasteiger partial charge >= 0.3 is 0 Å². The summed E-state index contributed by atoms with van der Waals surface area (Å²) in [6, 6.07) is 12.6. The van der Waals surface area contributed by atoms with Gasteiger partial charge in [0, 0.05) is 4.70 Å². The SMILES string of the molecule is CC(C)C(CO)NC(=O)c1ccc2[nH]nc(-c3cc4ccccc4s3)c2c1F. The van der Waals surface area contributed by atoms with Crippen molar-refractivity contribution in [1.29, 1.82) is 0 Å². The predicted molar refractivity (Wildman–Crippen MR) is 110 cm³/mol. The van der Waals surface area contributed by atoms with Crippen molar-refractivity contribution in [1.82, 2.24) is 15.5 Å². The zero-order chi connectivity index (χ0) is 19.8. The fraction of sp³-hybridized carbons (Fsp3) is 0.238. The summed E-state index contributed by atoms with van der Waals surface area (Å²) in [5, 5.41) is 20.7. The average molecular weight is 397 g/mol. The van der Waals surface area contributed by atoms with Gasteiger partial charge in [-0.15, -0.1) is 11.3 Å². The van der Waals surface area contributed by atoms with E-state index in [1.807, 2.05) is 44.2 Å². The summed E-state index contributed by atoms with van der Waals surface area (Å²) < 4.78 is 16.4. The van der Waals surface area contributed by atoms with E-state index in [0.717, 1.165) is 15.0 Å². The van der Waals surface area contributed by atoms with Crippen LogP contribution < -0.4 is 5.32 Å². The third-order valence-electron chi connectivity index (χ3n) is 4.89. The lowest BCUT2D eigenvalue weighted by Crippen LogP contribution is -2.41. The number of nitrogens with zero attached hydrogens (tertiary/aromatic N) is 1. The number of thiophene rings is 1. The van der Waals surface area contributed by atoms with Gasteiger partial charge in [0.25, 0.3) is 5.91 Å². The van der Waals surface area contributed by atoms with Crippen LogP contribution in [0.5, 0.6) is 0 Å². The van der Waals surface area contributed by atoms with E-state index in [1.54, 1.807) is 6.07 Å². The first kappa shape index (κ1) is 18.6. The van der Waals surface area contributed by atoms with Gasteiger partial charge in [0.05, 0.1) is 34.0 Å². The Kier molecular flexibility index (Phi) is 4.87. The summed E-state index contributed by atoms with van der Waals surface area (Å²) in [6.07, 6.45) is 0. The first-order valence-electron chi connectivity index (χ1n) is 9.07. The molecule has 3 N–H and O–H groups in total. The number of hydrogen-bond acceptors (Lipinski definition) is 4. The van der Waals surface area contributed by atoms with Crippen LogP contribution in [0, 0.1) is 11.7 Å². The van der Waals surface area contributed by atoms with E-state index >= 15 is 4.39 Å². The lowest BCUT2D eigenvalue weighted by Gasteiger charge is -2.20. The Hall–Kier alpha value is -2.77. The van der Waals surface area contributed by atoms with Gasteiger partial charge in [0.1, 0.15) is 11.5 Å². The summed E-state index contributed by atoms with van der Waals surface area (Å²) in [5.74, 6) is -1.13. The molecule has 0 saturated heterocycles. The largest absolute Gasteiger partial charge is 0.394 e. The molecule has 0 fully saturated rings. The zero-order valence-electron chi connectivity index (χ0n) is 15.5. The number of H-pyrrole nitrogens is 1. The average Bonchev–Trinajstić information content (AvgIpc) is 3.29. The summed E-state index contributed by atoms with van der Waals surface area (Å²) in [6.45, 7) is 3.57. The van der Waals surface area contributed by atoms with E-state index in [4.69, 9.17) is 0 Å². The second kappa shape index (κ2) is 7.33. The smallest absolute Gasteiger partial charge is 0.254 e. The van der Waals surface area contributed by atoms with E-state index in [0.29, 0.717) is 16.6 Å². The normalized spacial score (nSPS) is 12.8. The number of carbonyl (C=O) groups excluding carboxylic acids is 1. The van der Waals surface area contributed by atoms with Gasteiger partial charge in [0.15, 0.2) is 0 Å². The fourth-order valence-electron chi connectivity index (χ4n) is 3.19. The minimum absolute atomic E-state index is 0.0313. The molecule has 4 aromatic rings. The lowest BCUT2D eigenvalue weighted by atomic mass is 10.0. The summed E-state index contributed by atoms with van der Waals surface area (Å²) in [4.78, 5) is 13.4. The van der Waals surface area contributed by atoms with Crippen LogP contribution in [0.2, 0.25) is 0 Å². The van der Waals surface area contributed by atoms with Gasteiger partial charge < -0.3 is 10.4 Å². The Morgan fingerprint density at radius 2 is 2.07 bits per heavy atom. The van der Waals surface area contributed by atoms with E-state index < -0.39 is 17.8 Å². The summed E-state index contributed by atoms with van der Waals surface area (Å²) in [5.41, 5.74) is 0.963. The van der Waals surface area contributed by atoms with Crippen molar-refractivity contribution in [2.24, 2.45) is 5.92 Å². The standard InChI is InChI=1S/C21H20FN3O2S/c1-11(2)15(10-26)23-21(27)13-7-8-14-18(19(13)22)20(25-24-14)17-9-12-5-3-4-6-16(12)28-17/h3-9,11,15,26H,10H2,1-2H3,(H,23,27)(H,24,25). The number of carbonyl (C=O) groups is 1. The highest BCUT2D eigenvalue weighted by Crippen LogP contribution is 2.37. The number of benzene rings is 2. The van der Waals surface area contributed by atoms with Gasteiger partial charge in [-0.1, -0.05) is 32.0 Å². The molecule has 0 aliphatic carbocycles. The first-order chi connectivity index (χ1) is 13.5. The third kappa shape index (κ3) is 3.16. The third-order valence-corrected chi connectivity index (χ3v) is 6.01. The quantitative estimate of drug-likeness (QED) is 0.469. The highest BCUT2D eigenvalue weighted by molar-refractivity contribution is 7.22. The second-order valence-corrected chi connectivity index (χ2v) is 8.16. The zero-order valence-corrected chi connectivity index (χ0v) is 16.3. The molecule has 0 spiro atoms. The fourth-order valence-corrected chi connectivity index (χ4v) is 4.25. The number of amides is 1. The molecule has 28 heavy (non-hydrogen) atoms. The number of aromatic nitrogens is 2. The van der Waals surface area contributed by atoms with Gasteiger partial charge in [-0.3, -0.25) is 9.89 Å². The van der Waals surface area contributed by atoms with Gasteiger partial charge in [-0.25, -0.2) is 4.39 Å². The first-order valence-corrected chi connectivity index (χ1v) is 9.88. The maximum Gasteiger partial charge on any atom is 0.254 e. The van der Waals surface area contributed by atoms with Crippen molar-refractivity contribution in [3.05, 3.63) is 53.8 Å². The molecule has 1 amide bonds. The minimum Gasteiger partial charge on any atom is -0.394 e. The Morgan fingerprint density at radius 3 is 2.79 bits per heavy atom. The van der Waals surface area contributed by atoms with Crippen LogP contribution in [0.3, 0.4) is 0 Å². The van der Waals surface area contributed by atoms with Crippen molar-refractivity contribution in [2.75, 3.05) is 6.61 Å². The number of aliphatic hydroxyl groups excluding tert-OH is 1. The van der Waals surface area contributed by atoms with Crippen LogP contribution in [0.4, 0.5) is 4.39 Å².